The van der Waals surface area contributed by atoms with Gasteiger partial charge in [0.15, 0.2) is 12.6 Å². The lowest BCUT2D eigenvalue weighted by atomic mass is 9.98. The van der Waals surface area contributed by atoms with Crippen LogP contribution in [0.15, 0.2) is 0 Å². The van der Waals surface area contributed by atoms with Crippen molar-refractivity contribution in [2.75, 3.05) is 26.4 Å². The van der Waals surface area contributed by atoms with Gasteiger partial charge in [-0.15, -0.1) is 0 Å². The zero-order valence-electron chi connectivity index (χ0n) is 17.9. The normalized spacial score (nSPS) is 42.7. The predicted molar refractivity (Wildman–Crippen MR) is 103 cm³/mol. The van der Waals surface area contributed by atoms with Crippen LogP contribution in [0, 0.1) is 0 Å². The maximum absolute atomic E-state index is 10.2. The highest BCUT2D eigenvalue weighted by atomic mass is 16.7. The molecule has 0 bridgehead atoms. The van der Waals surface area contributed by atoms with Crippen LogP contribution in [0.5, 0.6) is 0 Å². The number of hydrogen-bond acceptors (Lipinski definition) is 16. The molecule has 0 aliphatic carbocycles. The lowest BCUT2D eigenvalue weighted by molar-refractivity contribution is -0.333. The third-order valence-electron chi connectivity index (χ3n) is 5.70. The third-order valence-corrected chi connectivity index (χ3v) is 5.70. The minimum Gasteiger partial charge on any atom is -0.394 e. The largest absolute Gasteiger partial charge is 0.394 e. The van der Waals surface area contributed by atoms with Gasteiger partial charge in [0.2, 0.25) is 0 Å². The third kappa shape index (κ3) is 6.77. The van der Waals surface area contributed by atoms with E-state index in [0.29, 0.717) is 0 Å². The van der Waals surface area contributed by atoms with Gasteiger partial charge in [-0.1, -0.05) is 0 Å². The van der Waals surface area contributed by atoms with Gasteiger partial charge in [-0.3, -0.25) is 0 Å². The van der Waals surface area contributed by atoms with Crippen molar-refractivity contribution in [2.45, 2.75) is 85.8 Å². The molecule has 2 fully saturated rings. The monoisotopic (exact) mass is 506 g/mol. The second-order valence-electron chi connectivity index (χ2n) is 8.18. The molecule has 14 atom stereocenters. The first-order valence-electron chi connectivity index (χ1n) is 10.5. The van der Waals surface area contributed by atoms with Crippen molar-refractivity contribution in [3.63, 3.8) is 0 Å². The number of rotatable bonds is 11. The summed E-state index contributed by atoms with van der Waals surface area (Å²) >= 11 is 0. The van der Waals surface area contributed by atoms with E-state index in [4.69, 9.17) is 24.1 Å². The maximum Gasteiger partial charge on any atom is 0.186 e. The average Bonchev–Trinajstić information content (AvgIpc) is 2.84. The molecule has 2 saturated heterocycles. The fourth-order valence-corrected chi connectivity index (χ4v) is 3.44. The number of ether oxygens (including phenoxy) is 4. The highest BCUT2D eigenvalue weighted by Crippen LogP contribution is 2.26. The standard InChI is InChI=1S/C18H34O16/c19-1-5(21)9(23)10(24)6(22)3-31-17-16(30)14(28)12(26)8(34-17)4-32-18-15(29)13(27)11(25)7(2-20)33-18/h5-30H,1-4H2/t5?,6-,7?,8?,9-,10-,11+,12+,13+,14+,15?,16?,17-,18-/m1/s1. The Labute approximate surface area is 193 Å². The van der Waals surface area contributed by atoms with E-state index in [2.05, 4.69) is 0 Å². The summed E-state index contributed by atoms with van der Waals surface area (Å²) in [6, 6.07) is 0. The highest BCUT2D eigenvalue weighted by Gasteiger charge is 2.47. The van der Waals surface area contributed by atoms with Crippen LogP contribution in [-0.4, -0.2) is 174 Å². The number of aliphatic hydroxyl groups is 12. The first-order valence-corrected chi connectivity index (χ1v) is 10.5. The molecule has 202 valence electrons. The van der Waals surface area contributed by atoms with Gasteiger partial charge in [0, 0.05) is 0 Å². The van der Waals surface area contributed by atoms with Crippen LogP contribution in [0.1, 0.15) is 0 Å². The molecule has 16 heteroatoms. The van der Waals surface area contributed by atoms with Crippen LogP contribution in [-0.2, 0) is 18.9 Å². The molecule has 0 amide bonds. The van der Waals surface area contributed by atoms with Gasteiger partial charge in [-0.2, -0.15) is 0 Å². The lowest BCUT2D eigenvalue weighted by Gasteiger charge is -2.42. The predicted octanol–water partition coefficient (Wildman–Crippen LogP) is -7.94. The summed E-state index contributed by atoms with van der Waals surface area (Å²) < 4.78 is 20.8. The zero-order chi connectivity index (χ0) is 25.7. The number of aliphatic hydroxyl groups excluding tert-OH is 12. The molecule has 2 aliphatic heterocycles. The highest BCUT2D eigenvalue weighted by molar-refractivity contribution is 4.92. The van der Waals surface area contributed by atoms with Gasteiger partial charge in [0.1, 0.15) is 73.2 Å². The lowest BCUT2D eigenvalue weighted by Crippen LogP contribution is -2.62. The minimum absolute atomic E-state index is 0.597. The molecule has 0 aromatic carbocycles. The summed E-state index contributed by atoms with van der Waals surface area (Å²) in [7, 11) is 0. The van der Waals surface area contributed by atoms with E-state index in [1.165, 1.54) is 0 Å². The molecule has 2 heterocycles. The Morgan fingerprint density at radius 1 is 0.588 bits per heavy atom. The molecule has 5 unspecified atom stereocenters. The Kier molecular flexibility index (Phi) is 11.4. The van der Waals surface area contributed by atoms with Crippen LogP contribution >= 0.6 is 0 Å². The molecule has 12 N–H and O–H groups in total. The first-order chi connectivity index (χ1) is 15.9. The van der Waals surface area contributed by atoms with Crippen molar-refractivity contribution in [3.8, 4) is 0 Å². The second kappa shape index (κ2) is 13.1. The molecule has 2 rings (SSSR count). The van der Waals surface area contributed by atoms with Gasteiger partial charge in [-0.05, 0) is 0 Å². The Hall–Kier alpha value is -0.640. The molecule has 0 saturated carbocycles. The SMILES string of the molecule is OCC(O)[C@@H](O)[C@H](O)[C@H](O)CO[C@@H]1OC(CO[C@@H]2OC(CO)[C@H](O)[C@H](O)C2O)[C@H](O)[C@H](O)C1O. The van der Waals surface area contributed by atoms with E-state index < -0.39 is 112 Å². The van der Waals surface area contributed by atoms with Crippen molar-refractivity contribution >= 4 is 0 Å². The summed E-state index contributed by atoms with van der Waals surface area (Å²) in [4.78, 5) is 0. The van der Waals surface area contributed by atoms with Crippen LogP contribution in [0.4, 0.5) is 0 Å². The van der Waals surface area contributed by atoms with Gasteiger partial charge >= 0.3 is 0 Å². The van der Waals surface area contributed by atoms with E-state index in [1.54, 1.807) is 0 Å². The van der Waals surface area contributed by atoms with Crippen LogP contribution in [0.25, 0.3) is 0 Å². The molecule has 0 spiro atoms. The second-order valence-corrected chi connectivity index (χ2v) is 8.18. The van der Waals surface area contributed by atoms with E-state index in [9.17, 15) is 56.2 Å². The minimum atomic E-state index is -1.95. The molecule has 34 heavy (non-hydrogen) atoms. The first kappa shape index (κ1) is 29.6. The van der Waals surface area contributed by atoms with Gasteiger partial charge < -0.3 is 80.2 Å². The van der Waals surface area contributed by atoms with Crippen molar-refractivity contribution in [1.29, 1.82) is 0 Å². The Morgan fingerprint density at radius 3 is 1.59 bits per heavy atom. The fourth-order valence-electron chi connectivity index (χ4n) is 3.44. The summed E-state index contributed by atoms with van der Waals surface area (Å²) in [6.45, 7) is -2.97. The van der Waals surface area contributed by atoms with Crippen LogP contribution in [0.3, 0.4) is 0 Å². The molecule has 0 aromatic rings. The topological polar surface area (TPSA) is 280 Å². The van der Waals surface area contributed by atoms with E-state index >= 15 is 0 Å². The molecule has 16 nitrogen and oxygen atoms in total. The van der Waals surface area contributed by atoms with Crippen LogP contribution in [0.2, 0.25) is 0 Å². The molecule has 2 aliphatic rings. The van der Waals surface area contributed by atoms with Crippen molar-refractivity contribution in [3.05, 3.63) is 0 Å². The zero-order valence-corrected chi connectivity index (χ0v) is 17.9. The quantitative estimate of drug-likeness (QED) is 0.124. The maximum atomic E-state index is 10.2. The Bertz CT molecular complexity index is 596. The van der Waals surface area contributed by atoms with Crippen molar-refractivity contribution < 1.29 is 80.2 Å². The Balaban J connectivity index is 1.95. The molecule has 0 aromatic heterocycles. The summed E-state index contributed by atoms with van der Waals surface area (Å²) in [5.41, 5.74) is 0. The van der Waals surface area contributed by atoms with Gasteiger partial charge in [-0.25, -0.2) is 0 Å². The fraction of sp³-hybridized carbons (Fsp3) is 1.00. The summed E-state index contributed by atoms with van der Waals surface area (Å²) in [6.07, 6.45) is -23.8. The summed E-state index contributed by atoms with van der Waals surface area (Å²) in [5, 5.41) is 117. The Morgan fingerprint density at radius 2 is 1.06 bits per heavy atom. The number of hydrogen-bond donors (Lipinski definition) is 12. The molecule has 0 radical (unpaired) electrons. The van der Waals surface area contributed by atoms with Gasteiger partial charge in [0.25, 0.3) is 0 Å². The van der Waals surface area contributed by atoms with Crippen molar-refractivity contribution in [2.24, 2.45) is 0 Å². The average molecular weight is 506 g/mol. The van der Waals surface area contributed by atoms with Crippen LogP contribution < -0.4 is 0 Å². The molecular formula is C18H34O16. The van der Waals surface area contributed by atoms with E-state index in [-0.39, 0.29) is 0 Å². The van der Waals surface area contributed by atoms with Crippen molar-refractivity contribution in [1.82, 2.24) is 0 Å². The van der Waals surface area contributed by atoms with E-state index in [1.807, 2.05) is 0 Å². The smallest absolute Gasteiger partial charge is 0.186 e. The van der Waals surface area contributed by atoms with E-state index in [0.717, 1.165) is 0 Å². The molecular weight excluding hydrogens is 472 g/mol. The summed E-state index contributed by atoms with van der Waals surface area (Å²) in [5.74, 6) is 0. The van der Waals surface area contributed by atoms with Gasteiger partial charge in [0.05, 0.1) is 26.4 Å².